The van der Waals surface area contributed by atoms with E-state index in [1.54, 1.807) is 12.1 Å². The van der Waals surface area contributed by atoms with Gasteiger partial charge < -0.3 is 10.1 Å². The highest BCUT2D eigenvalue weighted by molar-refractivity contribution is 9.10. The molecule has 2 aromatic carbocycles. The Balaban J connectivity index is 2.03. The maximum Gasteiger partial charge on any atom is 0.141 e. The molecule has 0 amide bonds. The van der Waals surface area contributed by atoms with Crippen LogP contribution in [0, 0.1) is 5.82 Å². The van der Waals surface area contributed by atoms with Crippen molar-refractivity contribution in [2.75, 3.05) is 6.54 Å². The van der Waals surface area contributed by atoms with Crippen molar-refractivity contribution in [3.05, 3.63) is 62.8 Å². The molecule has 0 unspecified atom stereocenters. The molecule has 0 atom stereocenters. The molecule has 0 radical (unpaired) electrons. The van der Waals surface area contributed by atoms with Crippen LogP contribution in [-0.2, 0) is 13.2 Å². The van der Waals surface area contributed by atoms with Crippen LogP contribution >= 0.6 is 27.5 Å². The van der Waals surface area contributed by atoms with Crippen molar-refractivity contribution >= 4 is 27.5 Å². The van der Waals surface area contributed by atoms with Gasteiger partial charge in [-0.05, 0) is 48.0 Å². The molecular weight excluding hydrogens is 357 g/mol. The molecule has 5 heteroatoms. The topological polar surface area (TPSA) is 21.3 Å². The van der Waals surface area contributed by atoms with Gasteiger partial charge in [0.1, 0.15) is 18.2 Å². The predicted molar refractivity (Wildman–Crippen MR) is 87.3 cm³/mol. The highest BCUT2D eigenvalue weighted by atomic mass is 79.9. The van der Waals surface area contributed by atoms with Crippen molar-refractivity contribution in [3.63, 3.8) is 0 Å². The largest absolute Gasteiger partial charge is 0.489 e. The van der Waals surface area contributed by atoms with E-state index in [9.17, 15) is 4.39 Å². The average Bonchev–Trinajstić information content (AvgIpc) is 2.48. The van der Waals surface area contributed by atoms with Gasteiger partial charge in [0.15, 0.2) is 0 Å². The van der Waals surface area contributed by atoms with Crippen LogP contribution in [0.25, 0.3) is 0 Å². The van der Waals surface area contributed by atoms with Crippen LogP contribution in [0.1, 0.15) is 18.1 Å². The monoisotopic (exact) mass is 371 g/mol. The number of hydrogen-bond acceptors (Lipinski definition) is 2. The molecule has 2 nitrogen and oxygen atoms in total. The fourth-order valence-electron chi connectivity index (χ4n) is 1.83. The average molecular weight is 373 g/mol. The van der Waals surface area contributed by atoms with E-state index in [4.69, 9.17) is 16.3 Å². The lowest BCUT2D eigenvalue weighted by atomic mass is 10.2. The van der Waals surface area contributed by atoms with Crippen LogP contribution in [-0.4, -0.2) is 6.54 Å². The van der Waals surface area contributed by atoms with E-state index in [1.807, 2.05) is 18.2 Å². The van der Waals surface area contributed by atoms with E-state index in [0.717, 1.165) is 34.4 Å². The zero-order valence-electron chi connectivity index (χ0n) is 11.6. The maximum atomic E-state index is 13.1. The van der Waals surface area contributed by atoms with Crippen LogP contribution in [0.2, 0.25) is 5.02 Å². The highest BCUT2D eigenvalue weighted by Gasteiger charge is 2.04. The first-order valence-corrected chi connectivity index (χ1v) is 7.83. The van der Waals surface area contributed by atoms with Crippen molar-refractivity contribution < 1.29 is 9.13 Å². The van der Waals surface area contributed by atoms with Gasteiger partial charge in [-0.2, -0.15) is 0 Å². The fourth-order valence-corrected chi connectivity index (χ4v) is 2.42. The Morgan fingerprint density at radius 2 is 2.05 bits per heavy atom. The molecule has 0 fully saturated rings. The number of rotatable bonds is 6. The van der Waals surface area contributed by atoms with Gasteiger partial charge in [0, 0.05) is 11.0 Å². The quantitative estimate of drug-likeness (QED) is 0.776. The number of benzene rings is 2. The number of hydrogen-bond donors (Lipinski definition) is 1. The molecule has 0 aliphatic heterocycles. The third-order valence-electron chi connectivity index (χ3n) is 2.97. The zero-order chi connectivity index (χ0) is 15.2. The van der Waals surface area contributed by atoms with Gasteiger partial charge in [-0.15, -0.1) is 0 Å². The van der Waals surface area contributed by atoms with Crippen molar-refractivity contribution in [2.24, 2.45) is 0 Å². The second-order valence-corrected chi connectivity index (χ2v) is 5.83. The van der Waals surface area contributed by atoms with Crippen LogP contribution in [0.4, 0.5) is 4.39 Å². The summed E-state index contributed by atoms with van der Waals surface area (Å²) in [5.74, 6) is 0.350. The SMILES string of the molecule is CCNCc1cc(OCc2ccc(F)c(Cl)c2)ccc1Br. The molecule has 0 heterocycles. The molecule has 0 spiro atoms. The van der Waals surface area contributed by atoms with Gasteiger partial charge in [0.2, 0.25) is 0 Å². The summed E-state index contributed by atoms with van der Waals surface area (Å²) in [5.41, 5.74) is 1.96. The summed E-state index contributed by atoms with van der Waals surface area (Å²) in [7, 11) is 0. The Bertz CT molecular complexity index is 621. The molecule has 0 saturated heterocycles. The lowest BCUT2D eigenvalue weighted by Crippen LogP contribution is -2.12. The number of nitrogens with one attached hydrogen (secondary N) is 1. The van der Waals surface area contributed by atoms with Crippen LogP contribution < -0.4 is 10.1 Å². The van der Waals surface area contributed by atoms with Crippen LogP contribution in [0.3, 0.4) is 0 Å². The summed E-state index contributed by atoms with van der Waals surface area (Å²) >= 11 is 9.27. The Kier molecular flexibility index (Phi) is 6.03. The molecular formula is C16H16BrClFNO. The summed E-state index contributed by atoms with van der Waals surface area (Å²) in [5, 5.41) is 3.39. The van der Waals surface area contributed by atoms with Gasteiger partial charge in [-0.25, -0.2) is 4.39 Å². The molecule has 2 aromatic rings. The number of ether oxygens (including phenoxy) is 1. The van der Waals surface area contributed by atoms with E-state index in [1.165, 1.54) is 6.07 Å². The van der Waals surface area contributed by atoms with Crippen molar-refractivity contribution in [2.45, 2.75) is 20.1 Å². The van der Waals surface area contributed by atoms with E-state index in [2.05, 4.69) is 28.2 Å². The van der Waals surface area contributed by atoms with Crippen molar-refractivity contribution in [1.82, 2.24) is 5.32 Å². The Hall–Kier alpha value is -1.10. The molecule has 0 saturated carbocycles. The Morgan fingerprint density at radius 3 is 2.76 bits per heavy atom. The van der Waals surface area contributed by atoms with E-state index in [-0.39, 0.29) is 5.02 Å². The normalized spacial score (nSPS) is 10.7. The molecule has 1 N–H and O–H groups in total. The standard InChI is InChI=1S/C16H16BrClFNO/c1-2-20-9-12-8-13(4-5-14(12)17)21-10-11-3-6-16(19)15(18)7-11/h3-8,20H,2,9-10H2,1H3. The summed E-state index contributed by atoms with van der Waals surface area (Å²) in [6.07, 6.45) is 0. The maximum absolute atomic E-state index is 13.1. The lowest BCUT2D eigenvalue weighted by molar-refractivity contribution is 0.305. The van der Waals surface area contributed by atoms with Gasteiger partial charge in [0.05, 0.1) is 5.02 Å². The fraction of sp³-hybridized carbons (Fsp3) is 0.250. The first-order valence-electron chi connectivity index (χ1n) is 6.66. The van der Waals surface area contributed by atoms with E-state index < -0.39 is 5.82 Å². The first-order chi connectivity index (χ1) is 10.1. The minimum absolute atomic E-state index is 0.111. The molecule has 2 rings (SSSR count). The van der Waals surface area contributed by atoms with Crippen molar-refractivity contribution in [1.29, 1.82) is 0 Å². The van der Waals surface area contributed by atoms with E-state index in [0.29, 0.717) is 6.61 Å². The Morgan fingerprint density at radius 1 is 1.24 bits per heavy atom. The molecule has 0 aliphatic rings. The lowest BCUT2D eigenvalue weighted by Gasteiger charge is -2.10. The second kappa shape index (κ2) is 7.78. The van der Waals surface area contributed by atoms with Crippen LogP contribution in [0.5, 0.6) is 5.75 Å². The van der Waals surface area contributed by atoms with Gasteiger partial charge in [-0.1, -0.05) is 40.5 Å². The zero-order valence-corrected chi connectivity index (χ0v) is 14.0. The van der Waals surface area contributed by atoms with Crippen LogP contribution in [0.15, 0.2) is 40.9 Å². The smallest absolute Gasteiger partial charge is 0.141 e. The summed E-state index contributed by atoms with van der Waals surface area (Å²) in [6.45, 7) is 4.09. The van der Waals surface area contributed by atoms with Crippen molar-refractivity contribution in [3.8, 4) is 5.75 Å². The molecule has 0 aliphatic carbocycles. The molecule has 0 bridgehead atoms. The third-order valence-corrected chi connectivity index (χ3v) is 4.04. The van der Waals surface area contributed by atoms with Gasteiger partial charge >= 0.3 is 0 Å². The Labute approximate surface area is 137 Å². The van der Waals surface area contributed by atoms with Gasteiger partial charge in [-0.3, -0.25) is 0 Å². The molecule has 21 heavy (non-hydrogen) atoms. The minimum atomic E-state index is -0.419. The highest BCUT2D eigenvalue weighted by Crippen LogP contribution is 2.24. The number of halogens is 3. The summed E-state index contributed by atoms with van der Waals surface area (Å²) < 4.78 is 19.9. The molecule has 112 valence electrons. The van der Waals surface area contributed by atoms with Gasteiger partial charge in [0.25, 0.3) is 0 Å². The van der Waals surface area contributed by atoms with E-state index >= 15 is 0 Å². The predicted octanol–water partition coefficient (Wildman–Crippen LogP) is 4.93. The summed E-state index contributed by atoms with van der Waals surface area (Å²) in [4.78, 5) is 0. The summed E-state index contributed by atoms with van der Waals surface area (Å²) in [6, 6.07) is 10.4. The second-order valence-electron chi connectivity index (χ2n) is 4.57. The molecule has 0 aromatic heterocycles. The first kappa shape index (κ1) is 16.3. The minimum Gasteiger partial charge on any atom is -0.489 e. The third kappa shape index (κ3) is 4.70.